The van der Waals surface area contributed by atoms with Gasteiger partial charge in [0.1, 0.15) is 11.3 Å². The van der Waals surface area contributed by atoms with E-state index in [1.165, 1.54) is 37.2 Å². The summed E-state index contributed by atoms with van der Waals surface area (Å²) in [5.74, 6) is -0.438. The van der Waals surface area contributed by atoms with E-state index in [9.17, 15) is 4.79 Å². The number of hydrogen-bond acceptors (Lipinski definition) is 3. The van der Waals surface area contributed by atoms with Crippen LogP contribution >= 0.6 is 0 Å². The lowest BCUT2D eigenvalue weighted by molar-refractivity contribution is 0.0694. The Morgan fingerprint density at radius 2 is 2.41 bits per heavy atom. The van der Waals surface area contributed by atoms with Crippen molar-refractivity contribution >= 4 is 5.97 Å². The predicted molar refractivity (Wildman–Crippen MR) is 63.9 cm³/mol. The second-order valence-electron chi connectivity index (χ2n) is 4.24. The summed E-state index contributed by atoms with van der Waals surface area (Å²) in [7, 11) is 0. The normalized spacial score (nSPS) is 14.9. The maximum absolute atomic E-state index is 10.8. The van der Waals surface area contributed by atoms with E-state index in [-0.39, 0.29) is 5.56 Å². The van der Waals surface area contributed by atoms with Crippen molar-refractivity contribution in [3.63, 3.8) is 0 Å². The Hall–Kier alpha value is -1.55. The van der Waals surface area contributed by atoms with Gasteiger partial charge in [-0.25, -0.2) is 4.79 Å². The van der Waals surface area contributed by atoms with Crippen LogP contribution in [0.5, 0.6) is 0 Å². The van der Waals surface area contributed by atoms with Crippen LogP contribution < -0.4 is 5.32 Å². The summed E-state index contributed by atoms with van der Waals surface area (Å²) in [6.07, 6.45) is 8.45. The van der Waals surface area contributed by atoms with Gasteiger partial charge < -0.3 is 14.8 Å². The van der Waals surface area contributed by atoms with E-state index in [0.29, 0.717) is 12.3 Å². The molecule has 0 atom stereocenters. The van der Waals surface area contributed by atoms with Crippen LogP contribution in [0.3, 0.4) is 0 Å². The van der Waals surface area contributed by atoms with Crippen molar-refractivity contribution in [2.45, 2.75) is 32.2 Å². The van der Waals surface area contributed by atoms with Gasteiger partial charge in [-0.05, 0) is 38.3 Å². The molecule has 0 radical (unpaired) electrons. The van der Waals surface area contributed by atoms with Crippen LogP contribution in [-0.4, -0.2) is 17.6 Å². The molecule has 92 valence electrons. The van der Waals surface area contributed by atoms with Gasteiger partial charge in [0, 0.05) is 0 Å². The highest BCUT2D eigenvalue weighted by molar-refractivity contribution is 5.88. The highest BCUT2D eigenvalue weighted by Crippen LogP contribution is 2.19. The van der Waals surface area contributed by atoms with Crippen molar-refractivity contribution < 1.29 is 14.3 Å². The second-order valence-corrected chi connectivity index (χ2v) is 4.24. The van der Waals surface area contributed by atoms with Crippen molar-refractivity contribution in [2.24, 2.45) is 0 Å². The first kappa shape index (κ1) is 11.9. The highest BCUT2D eigenvalue weighted by atomic mass is 16.4. The summed E-state index contributed by atoms with van der Waals surface area (Å²) in [5, 5.41) is 12.1. The molecule has 1 heterocycles. The molecule has 2 rings (SSSR count). The minimum absolute atomic E-state index is 0.248. The van der Waals surface area contributed by atoms with E-state index in [1.54, 1.807) is 0 Å². The van der Waals surface area contributed by atoms with Crippen molar-refractivity contribution in [1.29, 1.82) is 0 Å². The molecule has 0 saturated heterocycles. The van der Waals surface area contributed by atoms with Gasteiger partial charge in [0.25, 0.3) is 0 Å². The summed E-state index contributed by atoms with van der Waals surface area (Å²) < 4.78 is 5.14. The SMILES string of the molecule is O=C(O)c1ccoc1CNCCC1=CCCC1. The first-order chi connectivity index (χ1) is 8.27. The second kappa shape index (κ2) is 5.68. The maximum Gasteiger partial charge on any atom is 0.339 e. The number of nitrogens with one attached hydrogen (secondary N) is 1. The molecule has 0 unspecified atom stereocenters. The molecule has 0 aromatic carbocycles. The summed E-state index contributed by atoms with van der Waals surface area (Å²) in [4.78, 5) is 10.8. The Balaban J connectivity index is 1.74. The Morgan fingerprint density at radius 3 is 3.12 bits per heavy atom. The number of aromatic carboxylic acids is 1. The van der Waals surface area contributed by atoms with E-state index in [2.05, 4.69) is 11.4 Å². The van der Waals surface area contributed by atoms with Crippen molar-refractivity contribution in [1.82, 2.24) is 5.32 Å². The molecule has 0 fully saturated rings. The van der Waals surface area contributed by atoms with Gasteiger partial charge in [-0.3, -0.25) is 0 Å². The molecule has 0 spiro atoms. The number of carbonyl (C=O) groups is 1. The zero-order chi connectivity index (χ0) is 12.1. The Labute approximate surface area is 100 Å². The Morgan fingerprint density at radius 1 is 1.53 bits per heavy atom. The quantitative estimate of drug-likeness (QED) is 0.587. The fourth-order valence-corrected chi connectivity index (χ4v) is 2.08. The van der Waals surface area contributed by atoms with Crippen LogP contribution in [0.1, 0.15) is 41.8 Å². The molecule has 4 nitrogen and oxygen atoms in total. The fraction of sp³-hybridized carbons (Fsp3) is 0.462. The van der Waals surface area contributed by atoms with Gasteiger partial charge in [0.2, 0.25) is 0 Å². The summed E-state index contributed by atoms with van der Waals surface area (Å²) in [6, 6.07) is 1.48. The lowest BCUT2D eigenvalue weighted by atomic mass is 10.1. The fourth-order valence-electron chi connectivity index (χ4n) is 2.08. The molecule has 0 amide bonds. The maximum atomic E-state index is 10.8. The van der Waals surface area contributed by atoms with Gasteiger partial charge in [-0.1, -0.05) is 11.6 Å². The minimum atomic E-state index is -0.936. The molecular weight excluding hydrogens is 218 g/mol. The molecule has 1 aliphatic rings. The molecule has 1 aromatic heterocycles. The van der Waals surface area contributed by atoms with E-state index in [0.717, 1.165) is 13.0 Å². The number of rotatable bonds is 6. The molecule has 1 aliphatic carbocycles. The number of hydrogen-bond donors (Lipinski definition) is 2. The molecule has 1 aromatic rings. The van der Waals surface area contributed by atoms with Crippen LogP contribution in [0, 0.1) is 0 Å². The monoisotopic (exact) mass is 235 g/mol. The number of furan rings is 1. The third kappa shape index (κ3) is 3.20. The van der Waals surface area contributed by atoms with Gasteiger partial charge in [-0.2, -0.15) is 0 Å². The van der Waals surface area contributed by atoms with Crippen LogP contribution in [-0.2, 0) is 6.54 Å². The van der Waals surface area contributed by atoms with Crippen LogP contribution in [0.4, 0.5) is 0 Å². The highest BCUT2D eigenvalue weighted by Gasteiger charge is 2.12. The number of allylic oxidation sites excluding steroid dienone is 1. The molecule has 0 aliphatic heterocycles. The zero-order valence-corrected chi connectivity index (χ0v) is 9.74. The van der Waals surface area contributed by atoms with E-state index >= 15 is 0 Å². The smallest absolute Gasteiger partial charge is 0.339 e. The summed E-state index contributed by atoms with van der Waals surface area (Å²) >= 11 is 0. The van der Waals surface area contributed by atoms with Gasteiger partial charge in [-0.15, -0.1) is 0 Å². The van der Waals surface area contributed by atoms with E-state index in [4.69, 9.17) is 9.52 Å². The lowest BCUT2D eigenvalue weighted by Gasteiger charge is -2.04. The first-order valence-electron chi connectivity index (χ1n) is 5.95. The van der Waals surface area contributed by atoms with Crippen LogP contribution in [0.2, 0.25) is 0 Å². The average Bonchev–Trinajstić information content (AvgIpc) is 2.95. The predicted octanol–water partition coefficient (Wildman–Crippen LogP) is 2.57. The molecular formula is C13H17NO3. The lowest BCUT2D eigenvalue weighted by Crippen LogP contribution is -2.16. The molecule has 0 bridgehead atoms. The van der Waals surface area contributed by atoms with Crippen molar-refractivity contribution in [3.8, 4) is 0 Å². The van der Waals surface area contributed by atoms with Crippen LogP contribution in [0.15, 0.2) is 28.4 Å². The molecule has 17 heavy (non-hydrogen) atoms. The van der Waals surface area contributed by atoms with Crippen LogP contribution in [0.25, 0.3) is 0 Å². The largest absolute Gasteiger partial charge is 0.478 e. The summed E-state index contributed by atoms with van der Waals surface area (Å²) in [6.45, 7) is 1.34. The number of carboxylic acid groups (broad SMARTS) is 1. The standard InChI is InChI=1S/C13H17NO3/c15-13(16)11-6-8-17-12(11)9-14-7-5-10-3-1-2-4-10/h3,6,8,14H,1-2,4-5,7,9H2,(H,15,16). The zero-order valence-electron chi connectivity index (χ0n) is 9.74. The van der Waals surface area contributed by atoms with Gasteiger partial charge in [0.05, 0.1) is 12.8 Å². The van der Waals surface area contributed by atoms with Gasteiger partial charge >= 0.3 is 5.97 Å². The van der Waals surface area contributed by atoms with E-state index < -0.39 is 5.97 Å². The van der Waals surface area contributed by atoms with Crippen molar-refractivity contribution in [3.05, 3.63) is 35.3 Å². The topological polar surface area (TPSA) is 62.5 Å². The Bertz CT molecular complexity index is 420. The molecule has 2 N–H and O–H groups in total. The third-order valence-electron chi connectivity index (χ3n) is 3.02. The van der Waals surface area contributed by atoms with Crippen molar-refractivity contribution in [2.75, 3.05) is 6.54 Å². The first-order valence-corrected chi connectivity index (χ1v) is 5.95. The average molecular weight is 235 g/mol. The third-order valence-corrected chi connectivity index (χ3v) is 3.02. The molecule has 4 heteroatoms. The number of carboxylic acids is 1. The minimum Gasteiger partial charge on any atom is -0.478 e. The Kier molecular flexibility index (Phi) is 3.98. The van der Waals surface area contributed by atoms with Gasteiger partial charge in [0.15, 0.2) is 0 Å². The molecule has 0 saturated carbocycles. The van der Waals surface area contributed by atoms with E-state index in [1.807, 2.05) is 0 Å². The summed E-state index contributed by atoms with van der Waals surface area (Å²) in [5.41, 5.74) is 1.76.